The molecule has 0 amide bonds. The largest absolute Gasteiger partial charge is 0.478 e. The summed E-state index contributed by atoms with van der Waals surface area (Å²) in [5, 5.41) is 14.1. The van der Waals surface area contributed by atoms with Gasteiger partial charge in [0.1, 0.15) is 5.56 Å². The smallest absolute Gasteiger partial charge is 0.340 e. The van der Waals surface area contributed by atoms with Gasteiger partial charge in [0.25, 0.3) is 10.0 Å². The predicted octanol–water partition coefficient (Wildman–Crippen LogP) is -0.435. The number of sulfonamides is 1. The molecule has 0 saturated carbocycles. The first-order chi connectivity index (χ1) is 8.50. The van der Waals surface area contributed by atoms with Crippen LogP contribution in [0.3, 0.4) is 0 Å². The zero-order chi connectivity index (χ0) is 13.2. The maximum absolute atomic E-state index is 12.0. The minimum Gasteiger partial charge on any atom is -0.478 e. The molecule has 18 heavy (non-hydrogen) atoms. The van der Waals surface area contributed by atoms with Gasteiger partial charge in [-0.2, -0.15) is 5.10 Å². The molecule has 0 spiro atoms. The quantitative estimate of drug-likeness (QED) is 0.685. The van der Waals surface area contributed by atoms with Crippen LogP contribution in [0, 0.1) is 0 Å². The average Bonchev–Trinajstić information content (AvgIpc) is 2.79. The lowest BCUT2D eigenvalue weighted by atomic mass is 10.1. The molecule has 0 bridgehead atoms. The summed E-state index contributed by atoms with van der Waals surface area (Å²) in [4.78, 5) is 10.8. The number of hydrogen-bond acceptors (Lipinski definition) is 5. The zero-order valence-electron chi connectivity index (χ0n) is 9.42. The molecule has 1 aliphatic heterocycles. The van der Waals surface area contributed by atoms with Crippen molar-refractivity contribution in [1.82, 2.24) is 14.9 Å². The van der Waals surface area contributed by atoms with Crippen molar-refractivity contribution in [2.24, 2.45) is 0 Å². The monoisotopic (exact) mass is 275 g/mol. The second-order valence-electron chi connectivity index (χ2n) is 3.93. The number of aromatic amines is 1. The van der Waals surface area contributed by atoms with Gasteiger partial charge in [-0.15, -0.1) is 0 Å². The molecule has 0 aliphatic carbocycles. The van der Waals surface area contributed by atoms with Gasteiger partial charge in [-0.3, -0.25) is 5.10 Å². The Kier molecular flexibility index (Phi) is 3.64. The molecule has 0 radical (unpaired) electrons. The predicted molar refractivity (Wildman–Crippen MR) is 59.7 cm³/mol. The van der Waals surface area contributed by atoms with Crippen LogP contribution in [0.2, 0.25) is 0 Å². The fourth-order valence-electron chi connectivity index (χ4n) is 1.73. The van der Waals surface area contributed by atoms with E-state index in [1.165, 1.54) is 0 Å². The van der Waals surface area contributed by atoms with Crippen molar-refractivity contribution in [3.05, 3.63) is 11.8 Å². The van der Waals surface area contributed by atoms with E-state index in [0.29, 0.717) is 26.1 Å². The molecule has 0 unspecified atom stereocenters. The number of hydrogen-bond donors (Lipinski definition) is 3. The summed E-state index contributed by atoms with van der Waals surface area (Å²) in [5.41, 5.74) is -0.366. The molecule has 1 saturated heterocycles. The minimum absolute atomic E-state index is 0.242. The zero-order valence-corrected chi connectivity index (χ0v) is 10.2. The Bertz CT molecular complexity index is 532. The van der Waals surface area contributed by atoms with Crippen LogP contribution in [-0.4, -0.2) is 48.9 Å². The fourth-order valence-corrected chi connectivity index (χ4v) is 3.12. The SMILES string of the molecule is O=C(O)c1cn[nH]c1S(=O)(=O)NC1CCOCC1. The van der Waals surface area contributed by atoms with Crippen LogP contribution >= 0.6 is 0 Å². The van der Waals surface area contributed by atoms with Gasteiger partial charge in [0, 0.05) is 19.3 Å². The normalized spacial score (nSPS) is 17.8. The Morgan fingerprint density at radius 1 is 1.50 bits per heavy atom. The second kappa shape index (κ2) is 5.04. The summed E-state index contributed by atoms with van der Waals surface area (Å²) in [7, 11) is -3.90. The van der Waals surface area contributed by atoms with E-state index in [1.54, 1.807) is 0 Å². The van der Waals surface area contributed by atoms with Gasteiger partial charge < -0.3 is 9.84 Å². The molecular weight excluding hydrogens is 262 g/mol. The summed E-state index contributed by atoms with van der Waals surface area (Å²) in [6.07, 6.45) is 2.10. The van der Waals surface area contributed by atoms with Gasteiger partial charge in [0.2, 0.25) is 0 Å². The lowest BCUT2D eigenvalue weighted by Gasteiger charge is -2.22. The van der Waals surface area contributed by atoms with E-state index in [0.717, 1.165) is 6.20 Å². The van der Waals surface area contributed by atoms with E-state index in [4.69, 9.17) is 9.84 Å². The van der Waals surface area contributed by atoms with Crippen molar-refractivity contribution < 1.29 is 23.1 Å². The summed E-state index contributed by atoms with van der Waals surface area (Å²) in [6, 6.07) is -0.242. The van der Waals surface area contributed by atoms with E-state index < -0.39 is 21.0 Å². The lowest BCUT2D eigenvalue weighted by molar-refractivity contribution is 0.0692. The highest BCUT2D eigenvalue weighted by molar-refractivity contribution is 7.89. The first kappa shape index (κ1) is 13.0. The van der Waals surface area contributed by atoms with Crippen LogP contribution in [0.1, 0.15) is 23.2 Å². The van der Waals surface area contributed by atoms with Gasteiger partial charge in [-0.25, -0.2) is 17.9 Å². The molecule has 0 aromatic carbocycles. The number of nitrogens with one attached hydrogen (secondary N) is 2. The number of aromatic nitrogens is 2. The summed E-state index contributed by atoms with van der Waals surface area (Å²) in [6.45, 7) is 0.976. The molecule has 1 aliphatic rings. The van der Waals surface area contributed by atoms with Gasteiger partial charge in [-0.1, -0.05) is 0 Å². The summed E-state index contributed by atoms with van der Waals surface area (Å²) in [5.74, 6) is -1.34. The van der Waals surface area contributed by atoms with Crippen LogP contribution in [0.15, 0.2) is 11.2 Å². The Morgan fingerprint density at radius 3 is 2.78 bits per heavy atom. The van der Waals surface area contributed by atoms with E-state index in [2.05, 4.69) is 14.9 Å². The molecule has 1 aromatic rings. The third-order valence-corrected chi connectivity index (χ3v) is 4.14. The number of carboxylic acid groups (broad SMARTS) is 1. The number of rotatable bonds is 4. The third-order valence-electron chi connectivity index (χ3n) is 2.65. The average molecular weight is 275 g/mol. The Morgan fingerprint density at radius 2 is 2.17 bits per heavy atom. The summed E-state index contributed by atoms with van der Waals surface area (Å²) < 4.78 is 31.6. The highest BCUT2D eigenvalue weighted by Gasteiger charge is 2.28. The molecule has 9 heteroatoms. The van der Waals surface area contributed by atoms with Gasteiger partial charge in [-0.05, 0) is 12.8 Å². The first-order valence-corrected chi connectivity index (χ1v) is 6.86. The van der Waals surface area contributed by atoms with Crippen molar-refractivity contribution >= 4 is 16.0 Å². The molecule has 1 fully saturated rings. The number of aromatic carboxylic acids is 1. The van der Waals surface area contributed by atoms with Crippen LogP contribution < -0.4 is 4.72 Å². The Labute approximate surface area is 103 Å². The number of ether oxygens (including phenoxy) is 1. The molecule has 3 N–H and O–H groups in total. The highest BCUT2D eigenvalue weighted by atomic mass is 32.2. The third kappa shape index (κ3) is 2.68. The molecule has 2 rings (SSSR count). The summed E-state index contributed by atoms with van der Waals surface area (Å²) >= 11 is 0. The van der Waals surface area contributed by atoms with Crippen molar-refractivity contribution in [2.75, 3.05) is 13.2 Å². The van der Waals surface area contributed by atoms with E-state index in [1.807, 2.05) is 0 Å². The second-order valence-corrected chi connectivity index (χ2v) is 5.58. The number of H-pyrrole nitrogens is 1. The van der Waals surface area contributed by atoms with Crippen molar-refractivity contribution in [3.63, 3.8) is 0 Å². The van der Waals surface area contributed by atoms with Crippen LogP contribution in [0.25, 0.3) is 0 Å². The van der Waals surface area contributed by atoms with Crippen molar-refractivity contribution in [2.45, 2.75) is 23.9 Å². The Balaban J connectivity index is 2.19. The van der Waals surface area contributed by atoms with E-state index in [9.17, 15) is 13.2 Å². The molecule has 2 heterocycles. The van der Waals surface area contributed by atoms with Gasteiger partial charge in [0.05, 0.1) is 6.20 Å². The van der Waals surface area contributed by atoms with Crippen molar-refractivity contribution in [1.29, 1.82) is 0 Å². The maximum atomic E-state index is 12.0. The molecule has 0 atom stereocenters. The molecule has 100 valence electrons. The first-order valence-electron chi connectivity index (χ1n) is 5.37. The van der Waals surface area contributed by atoms with Gasteiger partial charge in [0.15, 0.2) is 5.03 Å². The van der Waals surface area contributed by atoms with E-state index in [-0.39, 0.29) is 11.6 Å². The van der Waals surface area contributed by atoms with Crippen LogP contribution in [0.4, 0.5) is 0 Å². The topological polar surface area (TPSA) is 121 Å². The van der Waals surface area contributed by atoms with Crippen LogP contribution in [-0.2, 0) is 14.8 Å². The van der Waals surface area contributed by atoms with Crippen molar-refractivity contribution in [3.8, 4) is 0 Å². The number of carbonyl (C=O) groups is 1. The molecular formula is C9H13N3O5S. The highest BCUT2D eigenvalue weighted by Crippen LogP contribution is 2.15. The standard InChI is InChI=1S/C9H13N3O5S/c13-9(14)7-5-10-11-8(7)18(15,16)12-6-1-3-17-4-2-6/h5-6,12H,1-4H2,(H,10,11)(H,13,14). The fraction of sp³-hybridized carbons (Fsp3) is 0.556. The van der Waals surface area contributed by atoms with Crippen LogP contribution in [0.5, 0.6) is 0 Å². The lowest BCUT2D eigenvalue weighted by Crippen LogP contribution is -2.39. The minimum atomic E-state index is -3.90. The van der Waals surface area contributed by atoms with E-state index >= 15 is 0 Å². The van der Waals surface area contributed by atoms with Gasteiger partial charge >= 0.3 is 5.97 Å². The molecule has 8 nitrogen and oxygen atoms in total. The molecule has 1 aromatic heterocycles. The maximum Gasteiger partial charge on any atom is 0.340 e. The number of nitrogens with zero attached hydrogens (tertiary/aromatic N) is 1. The number of carboxylic acids is 1. The Hall–Kier alpha value is -1.45.